The van der Waals surface area contributed by atoms with Crippen LogP contribution >= 0.6 is 14.8 Å². The van der Waals surface area contributed by atoms with Crippen molar-refractivity contribution in [2.24, 2.45) is 0 Å². The van der Waals surface area contributed by atoms with Crippen LogP contribution in [-0.4, -0.2) is 82.6 Å². The molecule has 30 heavy (non-hydrogen) atoms. The summed E-state index contributed by atoms with van der Waals surface area (Å²) in [5.74, 6) is -1.58. The van der Waals surface area contributed by atoms with E-state index in [0.717, 1.165) is 0 Å². The lowest BCUT2D eigenvalue weighted by atomic mass is 9.90. The Morgan fingerprint density at radius 2 is 1.63 bits per heavy atom. The van der Waals surface area contributed by atoms with Crippen LogP contribution in [-0.2, 0) is 22.9 Å². The quantitative estimate of drug-likeness (QED) is 0.252. The molecular weight excluding hydrogens is 432 g/mol. The molecule has 1 rings (SSSR count). The van der Waals surface area contributed by atoms with Crippen LogP contribution in [0.3, 0.4) is 0 Å². The molecule has 0 aromatic carbocycles. The predicted octanol–water partition coefficient (Wildman–Crippen LogP) is 0.565. The Morgan fingerprint density at radius 1 is 1.10 bits per heavy atom. The molecule has 0 bridgehead atoms. The molecular formula is C17H38B2O9P2. The third kappa shape index (κ3) is 6.43. The van der Waals surface area contributed by atoms with E-state index in [4.69, 9.17) is 13.8 Å². The van der Waals surface area contributed by atoms with Crippen LogP contribution in [0.15, 0.2) is 0 Å². The molecule has 13 heteroatoms. The van der Waals surface area contributed by atoms with Gasteiger partial charge in [-0.3, -0.25) is 9.09 Å². The monoisotopic (exact) mass is 470 g/mol. The summed E-state index contributed by atoms with van der Waals surface area (Å²) in [6.45, 7) is 9.74. The van der Waals surface area contributed by atoms with Crippen molar-refractivity contribution in [2.45, 2.75) is 108 Å². The first-order chi connectivity index (χ1) is 13.4. The van der Waals surface area contributed by atoms with Crippen molar-refractivity contribution in [1.82, 2.24) is 0 Å². The highest BCUT2D eigenvalue weighted by atomic mass is 31.2. The second-order valence-corrected chi connectivity index (χ2v) is 13.8. The van der Waals surface area contributed by atoms with Gasteiger partial charge in [-0.15, -0.1) is 0 Å². The van der Waals surface area contributed by atoms with E-state index in [1.165, 1.54) is 14.5 Å². The van der Waals surface area contributed by atoms with Crippen molar-refractivity contribution in [3.8, 4) is 0 Å². The van der Waals surface area contributed by atoms with E-state index in [1.807, 2.05) is 6.92 Å². The lowest BCUT2D eigenvalue weighted by molar-refractivity contribution is -0.0335. The fourth-order valence-corrected chi connectivity index (χ4v) is 7.18. The minimum atomic E-state index is -4.33. The van der Waals surface area contributed by atoms with E-state index < -0.39 is 61.9 Å². The number of ether oxygens (including phenoxy) is 1. The molecule has 0 saturated carbocycles. The summed E-state index contributed by atoms with van der Waals surface area (Å²) in [6, 6.07) is -0.519. The smallest absolute Gasteiger partial charge is 0.356 e. The van der Waals surface area contributed by atoms with Crippen LogP contribution in [0.1, 0.15) is 60.8 Å². The van der Waals surface area contributed by atoms with Gasteiger partial charge in [0.1, 0.15) is 20.1 Å². The maximum atomic E-state index is 13.6. The topological polar surface area (TPSA) is 143 Å². The summed E-state index contributed by atoms with van der Waals surface area (Å²) < 4.78 is 43.1. The van der Waals surface area contributed by atoms with Crippen LogP contribution in [0.5, 0.6) is 0 Å². The number of aliphatic hydroxyl groups excluding tert-OH is 3. The van der Waals surface area contributed by atoms with E-state index in [-0.39, 0.29) is 12.8 Å². The van der Waals surface area contributed by atoms with Gasteiger partial charge < -0.3 is 34.0 Å². The summed E-state index contributed by atoms with van der Waals surface area (Å²) >= 11 is 0. The molecule has 1 aliphatic rings. The fraction of sp³-hybridized carbons (Fsp3) is 1.00. The maximum Gasteiger partial charge on any atom is 0.356 e. The van der Waals surface area contributed by atoms with Crippen molar-refractivity contribution < 1.29 is 43.1 Å². The fourth-order valence-electron chi connectivity index (χ4n) is 3.60. The summed E-state index contributed by atoms with van der Waals surface area (Å²) in [5, 5.41) is 29.8. The molecule has 0 spiro atoms. The Morgan fingerprint density at radius 3 is 2.00 bits per heavy atom. The molecule has 0 aromatic rings. The first-order valence-electron chi connectivity index (χ1n) is 10.5. The van der Waals surface area contributed by atoms with Gasteiger partial charge in [0.15, 0.2) is 13.1 Å². The second kappa shape index (κ2) is 10.1. The average molecular weight is 470 g/mol. The number of aliphatic hydroxyl groups is 3. The van der Waals surface area contributed by atoms with Crippen molar-refractivity contribution >= 4 is 30.3 Å². The van der Waals surface area contributed by atoms with Crippen LogP contribution in [0.25, 0.3) is 0 Å². The molecule has 0 radical (unpaired) electrons. The molecule has 0 aromatic heterocycles. The van der Waals surface area contributed by atoms with Crippen molar-refractivity contribution in [1.29, 1.82) is 0 Å². The first kappa shape index (κ1) is 28.3. The summed E-state index contributed by atoms with van der Waals surface area (Å²) in [7, 11) is -4.63. The van der Waals surface area contributed by atoms with Gasteiger partial charge in [-0.05, 0) is 33.6 Å². The van der Waals surface area contributed by atoms with Gasteiger partial charge in [-0.25, -0.2) is 0 Å². The average Bonchev–Trinajstić information content (AvgIpc) is 2.86. The zero-order chi connectivity index (χ0) is 23.7. The summed E-state index contributed by atoms with van der Waals surface area (Å²) in [4.78, 5) is 10.0. The van der Waals surface area contributed by atoms with Crippen LogP contribution in [0, 0.1) is 0 Å². The zero-order valence-electron chi connectivity index (χ0n) is 19.3. The SMILES string of the molecule is B[C@@H]1O[C@H](CC(C)(CC)OP(B)(=O)C(C)C(C)(CC)OP(=O)(O)C(C)O)[C@@H](O)[C@H]1O. The van der Waals surface area contributed by atoms with E-state index in [9.17, 15) is 29.3 Å². The largest absolute Gasteiger partial charge is 0.388 e. The number of hydrogen-bond donors (Lipinski definition) is 4. The summed E-state index contributed by atoms with van der Waals surface area (Å²) in [5.41, 5.74) is -2.98. The van der Waals surface area contributed by atoms with E-state index in [2.05, 4.69) is 0 Å². The molecule has 0 aliphatic carbocycles. The third-order valence-electron chi connectivity index (χ3n) is 6.48. The molecule has 4 N–H and O–H groups in total. The van der Waals surface area contributed by atoms with Crippen LogP contribution < -0.4 is 0 Å². The molecule has 1 aliphatic heterocycles. The van der Waals surface area contributed by atoms with Gasteiger partial charge in [0.25, 0.3) is 0 Å². The molecule has 1 fully saturated rings. The van der Waals surface area contributed by atoms with Crippen molar-refractivity contribution in [3.05, 3.63) is 0 Å². The van der Waals surface area contributed by atoms with Crippen LogP contribution in [0.2, 0.25) is 0 Å². The molecule has 176 valence electrons. The molecule has 0 amide bonds. The van der Waals surface area contributed by atoms with Gasteiger partial charge in [-0.1, -0.05) is 20.8 Å². The van der Waals surface area contributed by atoms with E-state index in [0.29, 0.717) is 6.42 Å². The minimum Gasteiger partial charge on any atom is -0.388 e. The Kier molecular flexibility index (Phi) is 9.51. The highest BCUT2D eigenvalue weighted by Gasteiger charge is 2.49. The van der Waals surface area contributed by atoms with Gasteiger partial charge >= 0.3 is 7.60 Å². The second-order valence-electron chi connectivity index (χ2n) is 9.00. The van der Waals surface area contributed by atoms with Gasteiger partial charge in [0.05, 0.1) is 29.0 Å². The molecule has 9 nitrogen and oxygen atoms in total. The summed E-state index contributed by atoms with van der Waals surface area (Å²) in [6.07, 6.45) is -1.80. The third-order valence-corrected chi connectivity index (χ3v) is 10.9. The first-order valence-corrected chi connectivity index (χ1v) is 14.2. The van der Waals surface area contributed by atoms with Gasteiger partial charge in [0, 0.05) is 6.42 Å². The van der Waals surface area contributed by atoms with Crippen LogP contribution in [0.4, 0.5) is 0 Å². The Labute approximate surface area is 181 Å². The molecule has 6 unspecified atom stereocenters. The van der Waals surface area contributed by atoms with E-state index in [1.54, 1.807) is 35.5 Å². The van der Waals surface area contributed by atoms with Gasteiger partial charge in [-0.2, -0.15) is 0 Å². The van der Waals surface area contributed by atoms with Crippen molar-refractivity contribution in [3.63, 3.8) is 0 Å². The Bertz CT molecular complexity index is 682. The predicted molar refractivity (Wildman–Crippen MR) is 121 cm³/mol. The van der Waals surface area contributed by atoms with E-state index >= 15 is 0 Å². The minimum absolute atomic E-state index is 0.215. The maximum absolute atomic E-state index is 13.6. The van der Waals surface area contributed by atoms with Crippen molar-refractivity contribution in [2.75, 3.05) is 0 Å². The lowest BCUT2D eigenvalue weighted by Crippen LogP contribution is -2.43. The molecule has 1 saturated heterocycles. The standard InChI is InChI=1S/C17H38B2O9P2/c1-7-16(5,9-12-13(21)14(22)15(18)26-12)27-29(19,23)10(3)17(6,8-2)28-30(24,25)11(4)20/h10-15,20-22H,7-9,18-19H2,1-6H3,(H,24,25)/t10?,11?,12-,13-,14-,15-,16?,17?,29?/m1/s1. The number of rotatable bonds is 11. The highest BCUT2D eigenvalue weighted by molar-refractivity contribution is 7.84. The number of hydrogen-bond acceptors (Lipinski definition) is 8. The lowest BCUT2D eigenvalue weighted by Gasteiger charge is -2.43. The Balaban J connectivity index is 3.06. The highest BCUT2D eigenvalue weighted by Crippen LogP contribution is 2.60. The Hall–Kier alpha value is 0.310. The zero-order valence-corrected chi connectivity index (χ0v) is 21.1. The van der Waals surface area contributed by atoms with Gasteiger partial charge in [0.2, 0.25) is 7.57 Å². The molecule has 10 atom stereocenters. The molecule has 1 heterocycles. The normalized spacial score (nSPS) is 34.9.